The molecule has 8 heteroatoms. The SMILES string of the molecule is CCOc1ccc(-c2noc(Cn3c(=O)n([C@H](C)CC)c(=O)c4ccccc43)n2)cc1. The lowest BCUT2D eigenvalue weighted by molar-refractivity contribution is 0.340. The van der Waals surface area contributed by atoms with Crippen LogP contribution in [0.3, 0.4) is 0 Å². The van der Waals surface area contributed by atoms with Crippen molar-refractivity contribution in [2.45, 2.75) is 39.8 Å². The molecule has 0 unspecified atom stereocenters. The van der Waals surface area contributed by atoms with Gasteiger partial charge in [-0.3, -0.25) is 13.9 Å². The zero-order valence-corrected chi connectivity index (χ0v) is 17.7. The van der Waals surface area contributed by atoms with Crippen LogP contribution in [0.2, 0.25) is 0 Å². The van der Waals surface area contributed by atoms with E-state index in [-0.39, 0.29) is 29.7 Å². The van der Waals surface area contributed by atoms with Gasteiger partial charge in [0.25, 0.3) is 5.56 Å². The molecule has 0 spiro atoms. The van der Waals surface area contributed by atoms with Gasteiger partial charge in [0, 0.05) is 11.6 Å². The van der Waals surface area contributed by atoms with E-state index in [1.54, 1.807) is 24.3 Å². The lowest BCUT2D eigenvalue weighted by Gasteiger charge is -2.16. The molecule has 0 aliphatic heterocycles. The summed E-state index contributed by atoms with van der Waals surface area (Å²) in [6.07, 6.45) is 0.663. The predicted octanol–water partition coefficient (Wildman–Crippen LogP) is 3.63. The zero-order chi connectivity index (χ0) is 22.0. The first-order valence-corrected chi connectivity index (χ1v) is 10.3. The maximum absolute atomic E-state index is 13.2. The monoisotopic (exact) mass is 420 g/mol. The Kier molecular flexibility index (Phi) is 5.70. The number of ether oxygens (including phenoxy) is 1. The van der Waals surface area contributed by atoms with Gasteiger partial charge in [0.05, 0.1) is 17.5 Å². The van der Waals surface area contributed by atoms with Crippen LogP contribution in [0.1, 0.15) is 39.1 Å². The third-order valence-corrected chi connectivity index (χ3v) is 5.30. The normalized spacial score (nSPS) is 12.2. The molecule has 0 aliphatic carbocycles. The van der Waals surface area contributed by atoms with E-state index >= 15 is 0 Å². The number of aromatic nitrogens is 4. The van der Waals surface area contributed by atoms with Gasteiger partial charge >= 0.3 is 5.69 Å². The van der Waals surface area contributed by atoms with Crippen molar-refractivity contribution in [1.29, 1.82) is 0 Å². The fourth-order valence-electron chi connectivity index (χ4n) is 3.50. The highest BCUT2D eigenvalue weighted by molar-refractivity contribution is 5.77. The summed E-state index contributed by atoms with van der Waals surface area (Å²) in [6, 6.07) is 14.2. The minimum atomic E-state index is -0.390. The topological polar surface area (TPSA) is 92.2 Å². The van der Waals surface area contributed by atoms with E-state index < -0.39 is 0 Å². The van der Waals surface area contributed by atoms with Crippen molar-refractivity contribution in [3.63, 3.8) is 0 Å². The Morgan fingerprint density at radius 1 is 1.06 bits per heavy atom. The van der Waals surface area contributed by atoms with Gasteiger partial charge in [-0.15, -0.1) is 0 Å². The molecule has 2 aromatic heterocycles. The van der Waals surface area contributed by atoms with E-state index in [1.807, 2.05) is 45.0 Å². The van der Waals surface area contributed by atoms with Crippen LogP contribution in [0.15, 0.2) is 62.6 Å². The molecule has 0 fully saturated rings. The van der Waals surface area contributed by atoms with Crippen LogP contribution >= 0.6 is 0 Å². The van der Waals surface area contributed by atoms with E-state index in [4.69, 9.17) is 9.26 Å². The summed E-state index contributed by atoms with van der Waals surface area (Å²) < 4.78 is 13.7. The molecule has 0 saturated carbocycles. The van der Waals surface area contributed by atoms with Crippen molar-refractivity contribution in [1.82, 2.24) is 19.3 Å². The molecule has 0 aliphatic rings. The second-order valence-corrected chi connectivity index (χ2v) is 7.29. The first-order valence-electron chi connectivity index (χ1n) is 10.3. The fraction of sp³-hybridized carbons (Fsp3) is 0.304. The van der Waals surface area contributed by atoms with Crippen LogP contribution in [0.25, 0.3) is 22.3 Å². The van der Waals surface area contributed by atoms with Gasteiger partial charge < -0.3 is 9.26 Å². The average molecular weight is 420 g/mol. The van der Waals surface area contributed by atoms with Gasteiger partial charge in [-0.05, 0) is 56.7 Å². The summed E-state index contributed by atoms with van der Waals surface area (Å²) >= 11 is 0. The van der Waals surface area contributed by atoms with Crippen molar-refractivity contribution < 1.29 is 9.26 Å². The molecule has 0 bridgehead atoms. The highest BCUT2D eigenvalue weighted by atomic mass is 16.5. The standard InChI is InChI=1S/C23H24N4O4/c1-4-15(3)27-22(28)18-8-6-7-9-19(18)26(23(27)29)14-20-24-21(25-31-20)16-10-12-17(13-11-16)30-5-2/h6-13,15H,4-5,14H2,1-3H3/t15-/m1/s1. The Morgan fingerprint density at radius 2 is 1.81 bits per heavy atom. The molecular weight excluding hydrogens is 396 g/mol. The summed E-state index contributed by atoms with van der Waals surface area (Å²) in [5.41, 5.74) is 0.642. The molecule has 4 aromatic rings. The Bertz CT molecular complexity index is 1320. The molecule has 0 saturated heterocycles. The van der Waals surface area contributed by atoms with Crippen LogP contribution in [0.5, 0.6) is 5.75 Å². The maximum atomic E-state index is 13.2. The van der Waals surface area contributed by atoms with Crippen molar-refractivity contribution in [3.05, 3.63) is 75.3 Å². The zero-order valence-electron chi connectivity index (χ0n) is 17.7. The molecule has 160 valence electrons. The van der Waals surface area contributed by atoms with E-state index in [1.165, 1.54) is 9.13 Å². The van der Waals surface area contributed by atoms with Crippen LogP contribution in [-0.2, 0) is 6.54 Å². The molecule has 0 radical (unpaired) electrons. The van der Waals surface area contributed by atoms with E-state index in [0.717, 1.165) is 11.3 Å². The van der Waals surface area contributed by atoms with Gasteiger partial charge in [-0.2, -0.15) is 4.98 Å². The number of hydrogen-bond acceptors (Lipinski definition) is 6. The first kappa shape index (κ1) is 20.6. The van der Waals surface area contributed by atoms with Crippen molar-refractivity contribution in [2.24, 2.45) is 0 Å². The van der Waals surface area contributed by atoms with E-state index in [9.17, 15) is 9.59 Å². The molecule has 31 heavy (non-hydrogen) atoms. The quantitative estimate of drug-likeness (QED) is 0.453. The molecular formula is C23H24N4O4. The van der Waals surface area contributed by atoms with Crippen LogP contribution in [0.4, 0.5) is 0 Å². The van der Waals surface area contributed by atoms with Crippen LogP contribution in [0, 0.1) is 0 Å². The number of para-hydroxylation sites is 1. The minimum Gasteiger partial charge on any atom is -0.494 e. The number of hydrogen-bond donors (Lipinski definition) is 0. The van der Waals surface area contributed by atoms with E-state index in [0.29, 0.717) is 29.8 Å². The average Bonchev–Trinajstić information content (AvgIpc) is 3.26. The van der Waals surface area contributed by atoms with Gasteiger partial charge in [0.15, 0.2) is 0 Å². The van der Waals surface area contributed by atoms with E-state index in [2.05, 4.69) is 10.1 Å². The highest BCUT2D eigenvalue weighted by Gasteiger charge is 2.18. The van der Waals surface area contributed by atoms with Crippen LogP contribution < -0.4 is 16.0 Å². The van der Waals surface area contributed by atoms with Crippen molar-refractivity contribution >= 4 is 10.9 Å². The minimum absolute atomic E-state index is 0.0695. The number of nitrogens with zero attached hydrogens (tertiary/aromatic N) is 4. The fourth-order valence-corrected chi connectivity index (χ4v) is 3.50. The molecule has 0 amide bonds. The Balaban J connectivity index is 1.74. The maximum Gasteiger partial charge on any atom is 0.332 e. The lowest BCUT2D eigenvalue weighted by atomic mass is 10.2. The van der Waals surface area contributed by atoms with Gasteiger partial charge in [0.1, 0.15) is 12.3 Å². The van der Waals surface area contributed by atoms with Gasteiger partial charge in [-0.1, -0.05) is 24.2 Å². The third-order valence-electron chi connectivity index (χ3n) is 5.30. The first-order chi connectivity index (χ1) is 15.0. The molecule has 4 rings (SSSR count). The van der Waals surface area contributed by atoms with Crippen molar-refractivity contribution in [2.75, 3.05) is 6.61 Å². The van der Waals surface area contributed by atoms with Gasteiger partial charge in [0.2, 0.25) is 11.7 Å². The largest absolute Gasteiger partial charge is 0.494 e. The summed E-state index contributed by atoms with van der Waals surface area (Å²) in [6.45, 7) is 6.39. The smallest absolute Gasteiger partial charge is 0.332 e. The molecule has 2 heterocycles. The summed E-state index contributed by atoms with van der Waals surface area (Å²) in [4.78, 5) is 30.6. The highest BCUT2D eigenvalue weighted by Crippen LogP contribution is 2.20. The molecule has 1 atom stereocenters. The summed E-state index contributed by atoms with van der Waals surface area (Å²) in [7, 11) is 0. The molecule has 8 nitrogen and oxygen atoms in total. The second-order valence-electron chi connectivity index (χ2n) is 7.29. The molecule has 2 aromatic carbocycles. The summed E-state index contributed by atoms with van der Waals surface area (Å²) in [5.74, 6) is 1.47. The Hall–Kier alpha value is -3.68. The Labute approximate surface area is 178 Å². The van der Waals surface area contributed by atoms with Gasteiger partial charge in [-0.25, -0.2) is 4.79 Å². The predicted molar refractivity (Wildman–Crippen MR) is 117 cm³/mol. The molecule has 0 N–H and O–H groups in total. The van der Waals surface area contributed by atoms with Crippen LogP contribution in [-0.4, -0.2) is 25.9 Å². The number of rotatable bonds is 7. The van der Waals surface area contributed by atoms with Crippen molar-refractivity contribution in [3.8, 4) is 17.1 Å². The lowest BCUT2D eigenvalue weighted by Crippen LogP contribution is -2.41. The second kappa shape index (κ2) is 8.59. The summed E-state index contributed by atoms with van der Waals surface area (Å²) in [5, 5.41) is 4.53. The number of fused-ring (bicyclic) bond motifs is 1. The Morgan fingerprint density at radius 3 is 2.52 bits per heavy atom. The number of benzene rings is 2. The third kappa shape index (κ3) is 3.88.